The van der Waals surface area contributed by atoms with Crippen LogP contribution < -0.4 is 9.80 Å². The van der Waals surface area contributed by atoms with E-state index in [9.17, 15) is 4.79 Å². The maximum absolute atomic E-state index is 12.5. The lowest BCUT2D eigenvalue weighted by Gasteiger charge is -2.36. The second kappa shape index (κ2) is 8.06. The predicted molar refractivity (Wildman–Crippen MR) is 104 cm³/mol. The minimum Gasteiger partial charge on any atom is -0.374 e. The van der Waals surface area contributed by atoms with Crippen molar-refractivity contribution < 1.29 is 4.79 Å². The first kappa shape index (κ1) is 17.3. The third kappa shape index (κ3) is 4.53. The average molecular weight is 337 g/mol. The maximum Gasteiger partial charge on any atom is 0.224 e. The van der Waals surface area contributed by atoms with Gasteiger partial charge in [0, 0.05) is 57.6 Å². The van der Waals surface area contributed by atoms with Crippen molar-refractivity contribution in [3.8, 4) is 0 Å². The molecule has 0 saturated carbocycles. The van der Waals surface area contributed by atoms with Gasteiger partial charge in [0.05, 0.1) is 0 Å². The highest BCUT2D eigenvalue weighted by Gasteiger charge is 2.21. The maximum atomic E-state index is 12.5. The molecule has 0 unspecified atom stereocenters. The Morgan fingerprint density at radius 1 is 1.00 bits per heavy atom. The number of amides is 1. The highest BCUT2D eigenvalue weighted by molar-refractivity contribution is 5.77. The van der Waals surface area contributed by atoms with E-state index in [-0.39, 0.29) is 5.91 Å². The van der Waals surface area contributed by atoms with E-state index in [1.807, 2.05) is 30.1 Å². The molecule has 4 nitrogen and oxygen atoms in total. The molecule has 0 spiro atoms. The molecular formula is C21H27N3O. The smallest absolute Gasteiger partial charge is 0.224 e. The molecule has 1 heterocycles. The largest absolute Gasteiger partial charge is 0.374 e. The summed E-state index contributed by atoms with van der Waals surface area (Å²) in [5, 5.41) is 0. The molecule has 0 atom stereocenters. The zero-order valence-electron chi connectivity index (χ0n) is 15.2. The van der Waals surface area contributed by atoms with Crippen molar-refractivity contribution in [1.29, 1.82) is 0 Å². The van der Waals surface area contributed by atoms with Crippen LogP contribution >= 0.6 is 0 Å². The molecule has 0 N–H and O–H groups in total. The lowest BCUT2D eigenvalue weighted by atomic mass is 10.2. The molecule has 1 saturated heterocycles. The van der Waals surface area contributed by atoms with E-state index in [0.717, 1.165) is 38.4 Å². The summed E-state index contributed by atoms with van der Waals surface area (Å²) in [5.74, 6) is 0.256. The van der Waals surface area contributed by atoms with Crippen molar-refractivity contribution in [1.82, 2.24) is 4.90 Å². The van der Waals surface area contributed by atoms with Crippen LogP contribution in [-0.2, 0) is 4.79 Å². The number of carbonyl (C=O) groups excluding carboxylic acids is 1. The van der Waals surface area contributed by atoms with Crippen LogP contribution in [0.3, 0.4) is 0 Å². The number of anilines is 2. The predicted octanol–water partition coefficient (Wildman–Crippen LogP) is 3.17. The van der Waals surface area contributed by atoms with Gasteiger partial charge in [0.25, 0.3) is 0 Å². The van der Waals surface area contributed by atoms with Crippen molar-refractivity contribution in [2.24, 2.45) is 0 Å². The second-order valence-corrected chi connectivity index (χ2v) is 6.71. The summed E-state index contributed by atoms with van der Waals surface area (Å²) in [6, 6.07) is 18.8. The Hall–Kier alpha value is -2.49. The Morgan fingerprint density at radius 2 is 1.72 bits per heavy atom. The highest BCUT2D eigenvalue weighted by atomic mass is 16.2. The normalized spacial score (nSPS) is 14.5. The van der Waals surface area contributed by atoms with Crippen LogP contribution in [-0.4, -0.2) is 50.6 Å². The van der Waals surface area contributed by atoms with Crippen molar-refractivity contribution in [2.75, 3.05) is 49.6 Å². The summed E-state index contributed by atoms with van der Waals surface area (Å²) in [4.78, 5) is 19.0. The van der Waals surface area contributed by atoms with Gasteiger partial charge in [0.2, 0.25) is 5.91 Å². The van der Waals surface area contributed by atoms with Crippen molar-refractivity contribution >= 4 is 17.3 Å². The fraction of sp³-hybridized carbons (Fsp3) is 0.381. The molecular weight excluding hydrogens is 310 g/mol. The number of carbonyl (C=O) groups is 1. The number of piperazine rings is 1. The molecule has 132 valence electrons. The third-order valence-corrected chi connectivity index (χ3v) is 4.86. The van der Waals surface area contributed by atoms with Crippen molar-refractivity contribution in [3.63, 3.8) is 0 Å². The van der Waals surface area contributed by atoms with Gasteiger partial charge >= 0.3 is 0 Å². The molecule has 1 amide bonds. The Bertz CT molecular complexity index is 693. The monoisotopic (exact) mass is 337 g/mol. The number of rotatable bonds is 5. The van der Waals surface area contributed by atoms with Crippen LogP contribution in [0.2, 0.25) is 0 Å². The molecule has 1 fully saturated rings. The van der Waals surface area contributed by atoms with Crippen LogP contribution in [0.15, 0.2) is 54.6 Å². The van der Waals surface area contributed by atoms with Gasteiger partial charge in [-0.3, -0.25) is 4.79 Å². The van der Waals surface area contributed by atoms with Crippen LogP contribution in [0.4, 0.5) is 11.4 Å². The van der Waals surface area contributed by atoms with Crippen LogP contribution in [0.25, 0.3) is 0 Å². The molecule has 0 bridgehead atoms. The molecule has 0 aromatic heterocycles. The van der Waals surface area contributed by atoms with Crippen LogP contribution in [0.1, 0.15) is 12.0 Å². The second-order valence-electron chi connectivity index (χ2n) is 6.71. The summed E-state index contributed by atoms with van der Waals surface area (Å²) >= 11 is 0. The topological polar surface area (TPSA) is 26.8 Å². The van der Waals surface area contributed by atoms with Crippen molar-refractivity contribution in [3.05, 3.63) is 60.2 Å². The van der Waals surface area contributed by atoms with E-state index in [2.05, 4.69) is 53.1 Å². The van der Waals surface area contributed by atoms with E-state index in [0.29, 0.717) is 6.42 Å². The summed E-state index contributed by atoms with van der Waals surface area (Å²) in [6.07, 6.45) is 0.565. The van der Waals surface area contributed by atoms with Gasteiger partial charge in [-0.2, -0.15) is 0 Å². The zero-order valence-corrected chi connectivity index (χ0v) is 15.2. The Morgan fingerprint density at radius 3 is 2.40 bits per heavy atom. The molecule has 25 heavy (non-hydrogen) atoms. The van der Waals surface area contributed by atoms with Crippen LogP contribution in [0.5, 0.6) is 0 Å². The molecule has 0 radical (unpaired) electrons. The molecule has 3 rings (SSSR count). The van der Waals surface area contributed by atoms with E-state index >= 15 is 0 Å². The Kier molecular flexibility index (Phi) is 5.59. The number of aryl methyl sites for hydroxylation is 1. The minimum absolute atomic E-state index is 0.256. The van der Waals surface area contributed by atoms with Gasteiger partial charge in [0.15, 0.2) is 0 Å². The lowest BCUT2D eigenvalue weighted by Crippen LogP contribution is -2.49. The fourth-order valence-electron chi connectivity index (χ4n) is 3.27. The first-order valence-corrected chi connectivity index (χ1v) is 8.99. The molecule has 4 heteroatoms. The SMILES string of the molecule is Cc1cccc(N2CCN(C(=O)CCN(C)c3ccccc3)CC2)c1. The van der Waals surface area contributed by atoms with Gasteiger partial charge in [-0.05, 0) is 36.8 Å². The van der Waals surface area contributed by atoms with Gasteiger partial charge in [-0.25, -0.2) is 0 Å². The van der Waals surface area contributed by atoms with Gasteiger partial charge in [-0.15, -0.1) is 0 Å². The first-order chi connectivity index (χ1) is 12.1. The van der Waals surface area contributed by atoms with E-state index in [4.69, 9.17) is 0 Å². The minimum atomic E-state index is 0.256. The lowest BCUT2D eigenvalue weighted by molar-refractivity contribution is -0.131. The number of nitrogens with zero attached hydrogens (tertiary/aromatic N) is 3. The third-order valence-electron chi connectivity index (χ3n) is 4.86. The molecule has 1 aliphatic heterocycles. The molecule has 2 aromatic carbocycles. The standard InChI is InChI=1S/C21H27N3O/c1-18-7-6-10-20(17-18)23-13-15-24(16-14-23)21(25)11-12-22(2)19-8-4-3-5-9-19/h3-10,17H,11-16H2,1-2H3. The summed E-state index contributed by atoms with van der Waals surface area (Å²) in [6.45, 7) is 6.30. The van der Waals surface area contributed by atoms with E-state index in [1.165, 1.54) is 11.3 Å². The molecule has 0 aliphatic carbocycles. The quantitative estimate of drug-likeness (QED) is 0.838. The van der Waals surface area contributed by atoms with Crippen molar-refractivity contribution in [2.45, 2.75) is 13.3 Å². The van der Waals surface area contributed by atoms with Gasteiger partial charge in [-0.1, -0.05) is 30.3 Å². The van der Waals surface area contributed by atoms with E-state index in [1.54, 1.807) is 0 Å². The zero-order chi connectivity index (χ0) is 17.6. The Labute approximate surface area is 150 Å². The van der Waals surface area contributed by atoms with Crippen LogP contribution in [0, 0.1) is 6.92 Å². The average Bonchev–Trinajstić information content (AvgIpc) is 2.66. The van der Waals surface area contributed by atoms with Gasteiger partial charge < -0.3 is 14.7 Å². The van der Waals surface area contributed by atoms with E-state index < -0.39 is 0 Å². The molecule has 1 aliphatic rings. The highest BCUT2D eigenvalue weighted by Crippen LogP contribution is 2.18. The number of hydrogen-bond acceptors (Lipinski definition) is 3. The summed E-state index contributed by atoms with van der Waals surface area (Å²) in [5.41, 5.74) is 3.69. The first-order valence-electron chi connectivity index (χ1n) is 8.99. The fourth-order valence-corrected chi connectivity index (χ4v) is 3.27. The van der Waals surface area contributed by atoms with Gasteiger partial charge in [0.1, 0.15) is 0 Å². The number of para-hydroxylation sites is 1. The summed E-state index contributed by atoms with van der Waals surface area (Å²) in [7, 11) is 2.04. The Balaban J connectivity index is 1.47. The number of benzene rings is 2. The summed E-state index contributed by atoms with van der Waals surface area (Å²) < 4.78 is 0. The number of hydrogen-bond donors (Lipinski definition) is 0. The molecule has 2 aromatic rings.